The van der Waals surface area contributed by atoms with E-state index in [9.17, 15) is 19.5 Å². The lowest BCUT2D eigenvalue weighted by atomic mass is 9.98. The topological polar surface area (TPSA) is 105 Å². The maximum absolute atomic E-state index is 13.0. The number of rotatable bonds is 5. The number of carbonyl (C=O) groups is 3. The van der Waals surface area contributed by atoms with E-state index in [2.05, 4.69) is 29.6 Å². The maximum atomic E-state index is 13.0. The van der Waals surface area contributed by atoms with Crippen molar-refractivity contribution in [3.05, 3.63) is 59.7 Å². The molecule has 4 atom stereocenters. The largest absolute Gasteiger partial charge is 0.481 e. The van der Waals surface area contributed by atoms with Gasteiger partial charge in [0, 0.05) is 25.6 Å². The molecule has 2 N–H and O–H groups in total. The fourth-order valence-electron chi connectivity index (χ4n) is 5.42. The molecule has 178 valence electrons. The van der Waals surface area contributed by atoms with Crippen molar-refractivity contribution in [1.82, 2.24) is 10.2 Å². The molecule has 0 aromatic heterocycles. The Balaban J connectivity index is 1.21. The summed E-state index contributed by atoms with van der Waals surface area (Å²) in [5.74, 6) is -1.94. The van der Waals surface area contributed by atoms with E-state index in [4.69, 9.17) is 9.47 Å². The highest BCUT2D eigenvalue weighted by Gasteiger charge is 2.43. The van der Waals surface area contributed by atoms with Crippen LogP contribution in [0.1, 0.15) is 30.4 Å². The van der Waals surface area contributed by atoms with Gasteiger partial charge in [-0.15, -0.1) is 0 Å². The Bertz CT molecular complexity index is 1070. The van der Waals surface area contributed by atoms with Crippen LogP contribution in [0.25, 0.3) is 11.1 Å². The summed E-state index contributed by atoms with van der Waals surface area (Å²) in [6, 6.07) is 15.7. The standard InChI is InChI=1S/C26H28N2O6/c1-15-12-28(13-20(15)25(30)31)24(29)23-22(10-11-33-23)27-26(32)34-14-21-18-8-4-2-6-16(18)17-7-3-5-9-19(17)21/h2-9,15,20-23H,10-14H2,1H3,(H,27,32)(H,30,31)/t15-,20-,22+,23-/m1/s1. The predicted octanol–water partition coefficient (Wildman–Crippen LogP) is 2.86. The molecule has 0 unspecified atom stereocenters. The highest BCUT2D eigenvalue weighted by atomic mass is 16.6. The van der Waals surface area contributed by atoms with E-state index in [1.54, 1.807) is 0 Å². The Kier molecular flexibility index (Phi) is 6.00. The second-order valence-electron chi connectivity index (χ2n) is 9.32. The smallest absolute Gasteiger partial charge is 0.407 e. The number of aliphatic carboxylic acids is 1. The number of fused-ring (bicyclic) bond motifs is 3. The molecule has 5 rings (SSSR count). The Morgan fingerprint density at radius 1 is 1.06 bits per heavy atom. The number of hydrogen-bond donors (Lipinski definition) is 2. The SMILES string of the molecule is C[C@@H]1CN(C(=O)[C@@H]2OCC[C@@H]2NC(=O)OCC2c3ccccc3-c3ccccc32)C[C@H]1C(=O)O. The fourth-order valence-corrected chi connectivity index (χ4v) is 5.42. The summed E-state index contributed by atoms with van der Waals surface area (Å²) in [5.41, 5.74) is 4.57. The minimum absolute atomic E-state index is 0.0468. The quantitative estimate of drug-likeness (QED) is 0.705. The van der Waals surface area contributed by atoms with E-state index in [1.807, 2.05) is 31.2 Å². The molecule has 2 amide bonds. The number of nitrogens with zero attached hydrogens (tertiary/aromatic N) is 1. The summed E-state index contributed by atoms with van der Waals surface area (Å²) in [7, 11) is 0. The fraction of sp³-hybridized carbons (Fsp3) is 0.423. The zero-order valence-corrected chi connectivity index (χ0v) is 19.0. The number of nitrogens with one attached hydrogen (secondary N) is 1. The molecule has 0 bridgehead atoms. The average Bonchev–Trinajstić information content (AvgIpc) is 3.53. The van der Waals surface area contributed by atoms with Crippen molar-refractivity contribution in [2.75, 3.05) is 26.3 Å². The van der Waals surface area contributed by atoms with Gasteiger partial charge in [0.25, 0.3) is 5.91 Å². The van der Waals surface area contributed by atoms with E-state index in [0.717, 1.165) is 22.3 Å². The highest BCUT2D eigenvalue weighted by molar-refractivity contribution is 5.84. The van der Waals surface area contributed by atoms with Gasteiger partial charge in [0.1, 0.15) is 6.61 Å². The minimum Gasteiger partial charge on any atom is -0.481 e. The first-order chi connectivity index (χ1) is 16.4. The van der Waals surface area contributed by atoms with Gasteiger partial charge < -0.3 is 24.8 Å². The van der Waals surface area contributed by atoms with Gasteiger partial charge in [0.05, 0.1) is 12.0 Å². The van der Waals surface area contributed by atoms with Crippen LogP contribution in [0.3, 0.4) is 0 Å². The number of ether oxygens (including phenoxy) is 2. The lowest BCUT2D eigenvalue weighted by Gasteiger charge is -2.24. The Morgan fingerprint density at radius 2 is 1.71 bits per heavy atom. The molecule has 2 saturated heterocycles. The molecule has 2 aliphatic heterocycles. The summed E-state index contributed by atoms with van der Waals surface area (Å²) in [4.78, 5) is 38.6. The van der Waals surface area contributed by atoms with Crippen LogP contribution in [0.2, 0.25) is 0 Å². The summed E-state index contributed by atoms with van der Waals surface area (Å²) in [6.07, 6.45) is -0.930. The van der Waals surface area contributed by atoms with Crippen LogP contribution in [0.15, 0.2) is 48.5 Å². The van der Waals surface area contributed by atoms with Gasteiger partial charge in [0.15, 0.2) is 6.10 Å². The van der Waals surface area contributed by atoms with Crippen molar-refractivity contribution in [2.24, 2.45) is 11.8 Å². The van der Waals surface area contributed by atoms with Crippen molar-refractivity contribution in [3.63, 3.8) is 0 Å². The van der Waals surface area contributed by atoms with Crippen LogP contribution in [0.5, 0.6) is 0 Å². The highest BCUT2D eigenvalue weighted by Crippen LogP contribution is 2.44. The second-order valence-corrected chi connectivity index (χ2v) is 9.32. The number of amides is 2. The molecule has 2 aromatic rings. The van der Waals surface area contributed by atoms with Crippen molar-refractivity contribution >= 4 is 18.0 Å². The molecular weight excluding hydrogens is 436 g/mol. The molecule has 2 fully saturated rings. The molecule has 3 aliphatic rings. The third-order valence-electron chi connectivity index (χ3n) is 7.22. The van der Waals surface area contributed by atoms with Gasteiger partial charge in [-0.25, -0.2) is 4.79 Å². The summed E-state index contributed by atoms with van der Waals surface area (Å²) < 4.78 is 11.2. The van der Waals surface area contributed by atoms with Gasteiger partial charge >= 0.3 is 12.1 Å². The third kappa shape index (κ3) is 4.03. The van der Waals surface area contributed by atoms with Gasteiger partial charge in [-0.1, -0.05) is 55.5 Å². The number of alkyl carbamates (subject to hydrolysis) is 1. The first-order valence-electron chi connectivity index (χ1n) is 11.7. The van der Waals surface area contributed by atoms with Crippen molar-refractivity contribution in [3.8, 4) is 11.1 Å². The van der Waals surface area contributed by atoms with Gasteiger partial charge in [-0.3, -0.25) is 9.59 Å². The second kappa shape index (κ2) is 9.10. The molecular formula is C26H28N2O6. The summed E-state index contributed by atoms with van der Waals surface area (Å²) >= 11 is 0. The van der Waals surface area contributed by atoms with Gasteiger partial charge in [0.2, 0.25) is 0 Å². The number of likely N-dealkylation sites (tertiary alicyclic amines) is 1. The normalized spacial score (nSPS) is 25.6. The van der Waals surface area contributed by atoms with Crippen molar-refractivity contribution in [2.45, 2.75) is 31.4 Å². The number of carbonyl (C=O) groups excluding carboxylic acids is 2. The van der Waals surface area contributed by atoms with Crippen LogP contribution in [-0.4, -0.2) is 66.4 Å². The number of carboxylic acid groups (broad SMARTS) is 1. The lowest BCUT2D eigenvalue weighted by Crippen LogP contribution is -2.49. The predicted molar refractivity (Wildman–Crippen MR) is 123 cm³/mol. The summed E-state index contributed by atoms with van der Waals surface area (Å²) in [6.45, 7) is 2.89. The van der Waals surface area contributed by atoms with Crippen LogP contribution in [0, 0.1) is 11.8 Å². The molecule has 2 aromatic carbocycles. The average molecular weight is 465 g/mol. The molecule has 34 heavy (non-hydrogen) atoms. The monoisotopic (exact) mass is 464 g/mol. The zero-order valence-electron chi connectivity index (χ0n) is 19.0. The Morgan fingerprint density at radius 3 is 2.32 bits per heavy atom. The number of hydrogen-bond acceptors (Lipinski definition) is 5. The number of benzene rings is 2. The van der Waals surface area contributed by atoms with E-state index in [0.29, 0.717) is 19.6 Å². The summed E-state index contributed by atoms with van der Waals surface area (Å²) in [5, 5.41) is 12.1. The minimum atomic E-state index is -0.900. The first kappa shape index (κ1) is 22.4. The molecule has 0 spiro atoms. The van der Waals surface area contributed by atoms with Crippen molar-refractivity contribution in [1.29, 1.82) is 0 Å². The van der Waals surface area contributed by atoms with E-state index in [1.165, 1.54) is 4.90 Å². The van der Waals surface area contributed by atoms with E-state index in [-0.39, 0.29) is 30.9 Å². The van der Waals surface area contributed by atoms with Gasteiger partial charge in [-0.2, -0.15) is 0 Å². The molecule has 0 radical (unpaired) electrons. The lowest BCUT2D eigenvalue weighted by molar-refractivity contribution is -0.143. The molecule has 0 saturated carbocycles. The zero-order chi connectivity index (χ0) is 23.8. The van der Waals surface area contributed by atoms with Crippen LogP contribution in [-0.2, 0) is 19.1 Å². The van der Waals surface area contributed by atoms with Crippen molar-refractivity contribution < 1.29 is 29.0 Å². The van der Waals surface area contributed by atoms with E-state index >= 15 is 0 Å². The molecule has 8 heteroatoms. The first-order valence-corrected chi connectivity index (χ1v) is 11.7. The third-order valence-corrected chi connectivity index (χ3v) is 7.22. The Labute approximate surface area is 197 Å². The number of carboxylic acids is 1. The Hall–Kier alpha value is -3.39. The van der Waals surface area contributed by atoms with Gasteiger partial charge in [-0.05, 0) is 34.6 Å². The molecule has 8 nitrogen and oxygen atoms in total. The molecule has 1 aliphatic carbocycles. The van der Waals surface area contributed by atoms with Crippen LogP contribution >= 0.6 is 0 Å². The maximum Gasteiger partial charge on any atom is 0.407 e. The van der Waals surface area contributed by atoms with Crippen LogP contribution < -0.4 is 5.32 Å². The van der Waals surface area contributed by atoms with Crippen LogP contribution in [0.4, 0.5) is 4.79 Å². The molecule has 2 heterocycles. The van der Waals surface area contributed by atoms with E-state index < -0.39 is 30.1 Å².